The Hall–Kier alpha value is -2.43. The summed E-state index contributed by atoms with van der Waals surface area (Å²) < 4.78 is 12.9. The maximum atomic E-state index is 12.9. The molecule has 1 saturated heterocycles. The molecule has 5 heteroatoms. The molecule has 3 rings (SSSR count). The molecule has 0 saturated carbocycles. The minimum absolute atomic E-state index is 0.296. The van der Waals surface area contributed by atoms with Gasteiger partial charge >= 0.3 is 0 Å². The van der Waals surface area contributed by atoms with Gasteiger partial charge in [0.1, 0.15) is 11.5 Å². The fourth-order valence-electron chi connectivity index (χ4n) is 2.86. The highest BCUT2D eigenvalue weighted by Crippen LogP contribution is 2.22. The topological polar surface area (TPSA) is 45.2 Å². The minimum atomic E-state index is -0.332. The number of piperidine rings is 1. The average Bonchev–Trinajstić information content (AvgIpc) is 2.57. The molecule has 1 atom stereocenters. The molecule has 1 amide bonds. The van der Waals surface area contributed by atoms with Gasteiger partial charge in [-0.1, -0.05) is 6.92 Å². The third kappa shape index (κ3) is 3.86. The smallest absolute Gasteiger partial charge is 0.274 e. The van der Waals surface area contributed by atoms with E-state index < -0.39 is 0 Å². The van der Waals surface area contributed by atoms with E-state index in [9.17, 15) is 9.18 Å². The zero-order valence-electron chi connectivity index (χ0n) is 13.1. The van der Waals surface area contributed by atoms with Crippen molar-refractivity contribution >= 4 is 17.3 Å². The lowest BCUT2D eigenvalue weighted by Crippen LogP contribution is -2.34. The molecular formula is C18H20FN3O. The largest absolute Gasteiger partial charge is 0.370 e. The van der Waals surface area contributed by atoms with Crippen molar-refractivity contribution in [1.29, 1.82) is 0 Å². The maximum Gasteiger partial charge on any atom is 0.274 e. The first kappa shape index (κ1) is 15.5. The first-order valence-electron chi connectivity index (χ1n) is 7.90. The maximum absolute atomic E-state index is 12.9. The number of carbonyl (C=O) groups is 1. The van der Waals surface area contributed by atoms with Crippen LogP contribution in [0.25, 0.3) is 0 Å². The monoisotopic (exact) mass is 313 g/mol. The van der Waals surface area contributed by atoms with E-state index in [-0.39, 0.29) is 11.7 Å². The van der Waals surface area contributed by atoms with Crippen molar-refractivity contribution < 1.29 is 9.18 Å². The van der Waals surface area contributed by atoms with Crippen molar-refractivity contribution in [3.63, 3.8) is 0 Å². The molecule has 1 N–H and O–H groups in total. The molecule has 1 unspecified atom stereocenters. The van der Waals surface area contributed by atoms with E-state index in [2.05, 4.69) is 22.1 Å². The normalized spacial score (nSPS) is 17.8. The lowest BCUT2D eigenvalue weighted by molar-refractivity contribution is 0.102. The predicted molar refractivity (Wildman–Crippen MR) is 89.2 cm³/mol. The van der Waals surface area contributed by atoms with Crippen molar-refractivity contribution in [3.05, 3.63) is 54.1 Å². The zero-order valence-corrected chi connectivity index (χ0v) is 13.1. The highest BCUT2D eigenvalue weighted by atomic mass is 19.1. The Labute approximate surface area is 135 Å². The van der Waals surface area contributed by atoms with E-state index in [4.69, 9.17) is 0 Å². The number of benzene rings is 1. The van der Waals surface area contributed by atoms with Gasteiger partial charge in [-0.3, -0.25) is 4.79 Å². The number of hydrogen-bond acceptors (Lipinski definition) is 3. The highest BCUT2D eigenvalue weighted by Gasteiger charge is 2.17. The van der Waals surface area contributed by atoms with Gasteiger partial charge in [0.25, 0.3) is 5.91 Å². The van der Waals surface area contributed by atoms with Crippen LogP contribution in [0.2, 0.25) is 0 Å². The van der Waals surface area contributed by atoms with Crippen molar-refractivity contribution in [2.24, 2.45) is 5.92 Å². The van der Waals surface area contributed by atoms with Gasteiger partial charge in [0.15, 0.2) is 0 Å². The van der Waals surface area contributed by atoms with Crippen LogP contribution in [0.3, 0.4) is 0 Å². The summed E-state index contributed by atoms with van der Waals surface area (Å²) in [6.45, 7) is 4.32. The first-order valence-corrected chi connectivity index (χ1v) is 7.90. The van der Waals surface area contributed by atoms with Gasteiger partial charge in [-0.25, -0.2) is 9.37 Å². The minimum Gasteiger partial charge on any atom is -0.370 e. The van der Waals surface area contributed by atoms with Crippen LogP contribution >= 0.6 is 0 Å². The van der Waals surface area contributed by atoms with E-state index in [0.717, 1.165) is 18.8 Å². The summed E-state index contributed by atoms with van der Waals surface area (Å²) in [5, 5.41) is 2.71. The van der Waals surface area contributed by atoms with Crippen LogP contribution in [0, 0.1) is 11.7 Å². The standard InChI is InChI=1S/C18H20FN3O/c1-13-3-2-10-22(12-13)16-8-9-17(20-11-16)18(23)21-15-6-4-14(19)5-7-15/h4-9,11,13H,2-3,10,12H2,1H3,(H,21,23). The number of carbonyl (C=O) groups excluding carboxylic acids is 1. The number of hydrogen-bond donors (Lipinski definition) is 1. The molecule has 1 aliphatic heterocycles. The van der Waals surface area contributed by atoms with E-state index >= 15 is 0 Å². The molecule has 2 heterocycles. The van der Waals surface area contributed by atoms with Gasteiger partial charge in [0, 0.05) is 18.8 Å². The average molecular weight is 313 g/mol. The van der Waals surface area contributed by atoms with Crippen LogP contribution in [0.5, 0.6) is 0 Å². The molecule has 1 fully saturated rings. The number of pyridine rings is 1. The molecule has 4 nitrogen and oxygen atoms in total. The summed E-state index contributed by atoms with van der Waals surface area (Å²) in [4.78, 5) is 18.7. The van der Waals surface area contributed by atoms with Crippen LogP contribution in [0.1, 0.15) is 30.3 Å². The Bertz CT molecular complexity index is 670. The number of rotatable bonds is 3. The number of aromatic nitrogens is 1. The number of nitrogens with one attached hydrogen (secondary N) is 1. The lowest BCUT2D eigenvalue weighted by Gasteiger charge is -2.32. The van der Waals surface area contributed by atoms with Gasteiger partial charge in [-0.15, -0.1) is 0 Å². The molecule has 1 aromatic carbocycles. The van der Waals surface area contributed by atoms with Gasteiger partial charge in [-0.2, -0.15) is 0 Å². The van der Waals surface area contributed by atoms with Gasteiger partial charge < -0.3 is 10.2 Å². The molecule has 1 aliphatic rings. The third-order valence-corrected chi connectivity index (χ3v) is 4.10. The van der Waals surface area contributed by atoms with Crippen molar-refractivity contribution in [2.75, 3.05) is 23.3 Å². The SMILES string of the molecule is CC1CCCN(c2ccc(C(=O)Nc3ccc(F)cc3)nc2)C1. The summed E-state index contributed by atoms with van der Waals surface area (Å²) in [5.41, 5.74) is 1.95. The van der Waals surface area contributed by atoms with Gasteiger partial charge in [0.05, 0.1) is 11.9 Å². The molecule has 120 valence electrons. The fourth-order valence-corrected chi connectivity index (χ4v) is 2.86. The van der Waals surface area contributed by atoms with Crippen LogP contribution in [0.15, 0.2) is 42.6 Å². The fraction of sp³-hybridized carbons (Fsp3) is 0.333. The molecule has 1 aromatic heterocycles. The van der Waals surface area contributed by atoms with Crippen molar-refractivity contribution in [1.82, 2.24) is 4.98 Å². The summed E-state index contributed by atoms with van der Waals surface area (Å²) >= 11 is 0. The second-order valence-electron chi connectivity index (χ2n) is 6.06. The van der Waals surface area contributed by atoms with Crippen LogP contribution in [-0.2, 0) is 0 Å². The van der Waals surface area contributed by atoms with Gasteiger partial charge in [-0.05, 0) is 55.2 Å². The Morgan fingerprint density at radius 1 is 1.26 bits per heavy atom. The molecule has 0 aliphatic carbocycles. The van der Waals surface area contributed by atoms with Crippen LogP contribution in [-0.4, -0.2) is 24.0 Å². The van der Waals surface area contributed by atoms with Crippen LogP contribution in [0.4, 0.5) is 15.8 Å². The van der Waals surface area contributed by atoms with E-state index in [0.29, 0.717) is 17.3 Å². The summed E-state index contributed by atoms with van der Waals surface area (Å²) in [5.74, 6) is 0.0570. The quantitative estimate of drug-likeness (QED) is 0.939. The number of halogens is 1. The Kier molecular flexibility index (Phi) is 4.55. The molecule has 0 bridgehead atoms. The van der Waals surface area contributed by atoms with Crippen molar-refractivity contribution in [3.8, 4) is 0 Å². The van der Waals surface area contributed by atoms with Crippen molar-refractivity contribution in [2.45, 2.75) is 19.8 Å². The number of nitrogens with zero attached hydrogens (tertiary/aromatic N) is 2. The predicted octanol–water partition coefficient (Wildman–Crippen LogP) is 3.71. The zero-order chi connectivity index (χ0) is 16.2. The summed E-state index contributed by atoms with van der Waals surface area (Å²) in [6.07, 6.45) is 4.20. The second-order valence-corrected chi connectivity index (χ2v) is 6.06. The van der Waals surface area contributed by atoms with Crippen LogP contribution < -0.4 is 10.2 Å². The number of anilines is 2. The molecule has 0 spiro atoms. The summed E-state index contributed by atoms with van der Waals surface area (Å²) in [7, 11) is 0. The van der Waals surface area contributed by atoms with Gasteiger partial charge in [0.2, 0.25) is 0 Å². The molecule has 2 aromatic rings. The molecule has 0 radical (unpaired) electrons. The highest BCUT2D eigenvalue weighted by molar-refractivity contribution is 6.02. The van der Waals surface area contributed by atoms with E-state index in [1.54, 1.807) is 12.3 Å². The Morgan fingerprint density at radius 2 is 2.04 bits per heavy atom. The second kappa shape index (κ2) is 6.77. The third-order valence-electron chi connectivity index (χ3n) is 4.10. The van der Waals surface area contributed by atoms with E-state index in [1.165, 1.54) is 37.1 Å². The Balaban J connectivity index is 1.66. The first-order chi connectivity index (χ1) is 11.1. The molecular weight excluding hydrogens is 293 g/mol. The Morgan fingerprint density at radius 3 is 2.70 bits per heavy atom. The lowest BCUT2D eigenvalue weighted by atomic mass is 10.00. The van der Waals surface area contributed by atoms with E-state index in [1.807, 2.05) is 6.07 Å². The number of amides is 1. The summed E-state index contributed by atoms with van der Waals surface area (Å²) in [6, 6.07) is 9.33. The molecule has 23 heavy (non-hydrogen) atoms.